The average molecular weight is 921 g/mol. The van der Waals surface area contributed by atoms with Crippen molar-refractivity contribution in [3.05, 3.63) is 0 Å². The van der Waals surface area contributed by atoms with Crippen molar-refractivity contribution < 1.29 is 24.5 Å². The summed E-state index contributed by atoms with van der Waals surface area (Å²) in [5.41, 5.74) is 0. The molecule has 0 aromatic heterocycles. The third kappa shape index (κ3) is 52.1. The van der Waals surface area contributed by atoms with E-state index in [0.717, 1.165) is 38.5 Å². The molecule has 0 fully saturated rings. The number of unbranched alkanes of at least 4 members (excludes halogenated alkanes) is 45. The summed E-state index contributed by atoms with van der Waals surface area (Å²) >= 11 is 0. The predicted octanol–water partition coefficient (Wildman–Crippen LogP) is 18.3. The van der Waals surface area contributed by atoms with E-state index in [1.54, 1.807) is 0 Å². The molecule has 0 aromatic carbocycles. The van der Waals surface area contributed by atoms with E-state index >= 15 is 0 Å². The number of nitrogens with one attached hydrogen (secondary N) is 1. The molecule has 2 unspecified atom stereocenters. The Balaban J connectivity index is 3.35. The maximum absolute atomic E-state index is 12.4. The van der Waals surface area contributed by atoms with Gasteiger partial charge in [0.25, 0.3) is 0 Å². The van der Waals surface area contributed by atoms with Crippen LogP contribution in [0, 0.1) is 0 Å². The van der Waals surface area contributed by atoms with Gasteiger partial charge < -0.3 is 20.3 Å². The molecule has 0 rings (SSSR count). The Morgan fingerprint density at radius 3 is 0.938 bits per heavy atom. The van der Waals surface area contributed by atoms with Crippen LogP contribution in [0.4, 0.5) is 0 Å². The molecule has 0 radical (unpaired) electrons. The Kier molecular flexibility index (Phi) is 54.5. The molecule has 0 aliphatic rings. The molecule has 388 valence electrons. The molecular formula is C59H117NO5. The van der Waals surface area contributed by atoms with Crippen LogP contribution in [0.15, 0.2) is 0 Å². The van der Waals surface area contributed by atoms with E-state index in [2.05, 4.69) is 19.2 Å². The van der Waals surface area contributed by atoms with Crippen LogP contribution >= 0.6 is 0 Å². The fourth-order valence-electron chi connectivity index (χ4n) is 9.58. The Bertz CT molecular complexity index is 928. The van der Waals surface area contributed by atoms with Crippen molar-refractivity contribution in [3.8, 4) is 0 Å². The summed E-state index contributed by atoms with van der Waals surface area (Å²) in [6, 6.07) is -0.541. The van der Waals surface area contributed by atoms with Gasteiger partial charge in [-0.25, -0.2) is 0 Å². The SMILES string of the molecule is CCCCCCCCCCCCCCCCCCCC(=O)OCCCCCCCCCCCCCCCCCCCCCC(=O)NC(CO)C(O)CCCCCCCCCCCCCC. The van der Waals surface area contributed by atoms with Crippen LogP contribution in [0.5, 0.6) is 0 Å². The second-order valence-corrected chi connectivity index (χ2v) is 20.7. The van der Waals surface area contributed by atoms with E-state index in [9.17, 15) is 19.8 Å². The number of rotatable bonds is 56. The van der Waals surface area contributed by atoms with Crippen molar-refractivity contribution in [1.29, 1.82) is 0 Å². The van der Waals surface area contributed by atoms with Gasteiger partial charge in [-0.2, -0.15) is 0 Å². The lowest BCUT2D eigenvalue weighted by Gasteiger charge is -2.22. The summed E-state index contributed by atoms with van der Waals surface area (Å²) in [5.74, 6) is -0.0224. The van der Waals surface area contributed by atoms with Gasteiger partial charge in [0.2, 0.25) is 5.91 Å². The Labute approximate surface area is 406 Å². The summed E-state index contributed by atoms with van der Waals surface area (Å²) in [7, 11) is 0. The van der Waals surface area contributed by atoms with Crippen LogP contribution in [0.1, 0.15) is 341 Å². The third-order valence-corrected chi connectivity index (χ3v) is 14.2. The first kappa shape index (κ1) is 63.9. The van der Waals surface area contributed by atoms with Crippen molar-refractivity contribution in [3.63, 3.8) is 0 Å². The molecule has 1 amide bonds. The molecule has 2 atom stereocenters. The molecule has 0 heterocycles. The van der Waals surface area contributed by atoms with Crippen LogP contribution in [-0.2, 0) is 14.3 Å². The quantitative estimate of drug-likeness (QED) is 0.0417. The van der Waals surface area contributed by atoms with Gasteiger partial charge >= 0.3 is 5.97 Å². The summed E-state index contributed by atoms with van der Waals surface area (Å²) in [4.78, 5) is 24.5. The average Bonchev–Trinajstić information content (AvgIpc) is 3.31. The second-order valence-electron chi connectivity index (χ2n) is 20.7. The van der Waals surface area contributed by atoms with Crippen molar-refractivity contribution in [2.24, 2.45) is 0 Å². The van der Waals surface area contributed by atoms with E-state index in [-0.39, 0.29) is 18.5 Å². The molecule has 6 heteroatoms. The number of carbonyl (C=O) groups is 2. The molecule has 0 aliphatic heterocycles. The minimum atomic E-state index is -0.664. The van der Waals surface area contributed by atoms with Gasteiger partial charge in [0.1, 0.15) is 0 Å². The van der Waals surface area contributed by atoms with Crippen LogP contribution in [-0.4, -0.2) is 47.4 Å². The zero-order valence-corrected chi connectivity index (χ0v) is 44.3. The predicted molar refractivity (Wildman–Crippen MR) is 283 cm³/mol. The van der Waals surface area contributed by atoms with E-state index in [0.29, 0.717) is 25.9 Å². The first-order valence-electron chi connectivity index (χ1n) is 29.8. The highest BCUT2D eigenvalue weighted by molar-refractivity contribution is 5.76. The molecule has 0 aliphatic carbocycles. The summed E-state index contributed by atoms with van der Waals surface area (Å²) < 4.78 is 5.49. The molecule has 0 saturated heterocycles. The maximum Gasteiger partial charge on any atom is 0.305 e. The first-order chi connectivity index (χ1) is 32.0. The number of amides is 1. The standard InChI is InChI=1S/C59H117NO5/c1-3-5-7-9-11-13-15-17-18-22-26-29-33-37-41-45-49-53-59(64)65-54-50-46-42-38-34-30-27-24-21-19-20-23-25-28-32-36-40-44-48-52-58(63)60-56(55-61)57(62)51-47-43-39-35-31-16-14-12-10-8-6-4-2/h56-57,61-62H,3-55H2,1-2H3,(H,60,63). The number of hydrogen-bond acceptors (Lipinski definition) is 5. The molecule has 0 bridgehead atoms. The minimum Gasteiger partial charge on any atom is -0.466 e. The number of ether oxygens (including phenoxy) is 1. The van der Waals surface area contributed by atoms with E-state index < -0.39 is 12.1 Å². The van der Waals surface area contributed by atoms with Crippen LogP contribution < -0.4 is 5.32 Å². The number of hydrogen-bond donors (Lipinski definition) is 3. The normalized spacial score (nSPS) is 12.5. The van der Waals surface area contributed by atoms with Gasteiger partial charge in [0.15, 0.2) is 0 Å². The Morgan fingerprint density at radius 1 is 0.369 bits per heavy atom. The largest absolute Gasteiger partial charge is 0.466 e. The van der Waals surface area contributed by atoms with Crippen LogP contribution in [0.2, 0.25) is 0 Å². The zero-order valence-electron chi connectivity index (χ0n) is 44.3. The molecule has 3 N–H and O–H groups in total. The third-order valence-electron chi connectivity index (χ3n) is 14.2. The molecular weight excluding hydrogens is 803 g/mol. The number of aliphatic hydroxyl groups is 2. The minimum absolute atomic E-state index is 0.0138. The lowest BCUT2D eigenvalue weighted by atomic mass is 10.0. The monoisotopic (exact) mass is 920 g/mol. The van der Waals surface area contributed by atoms with Gasteiger partial charge in [0, 0.05) is 12.8 Å². The Hall–Kier alpha value is -1.14. The summed E-state index contributed by atoms with van der Waals surface area (Å²) in [6.07, 6.45) is 63.9. The molecule has 6 nitrogen and oxygen atoms in total. The topological polar surface area (TPSA) is 95.9 Å². The molecule has 0 saturated carbocycles. The van der Waals surface area contributed by atoms with Crippen LogP contribution in [0.25, 0.3) is 0 Å². The fourth-order valence-corrected chi connectivity index (χ4v) is 9.58. The zero-order chi connectivity index (χ0) is 47.2. The maximum atomic E-state index is 12.4. The van der Waals surface area contributed by atoms with Crippen LogP contribution in [0.3, 0.4) is 0 Å². The highest BCUT2D eigenvalue weighted by atomic mass is 16.5. The van der Waals surface area contributed by atoms with Gasteiger partial charge in [-0.05, 0) is 25.7 Å². The second kappa shape index (κ2) is 55.5. The van der Waals surface area contributed by atoms with Gasteiger partial charge in [-0.1, -0.05) is 303 Å². The van der Waals surface area contributed by atoms with Crippen molar-refractivity contribution in [1.82, 2.24) is 5.32 Å². The van der Waals surface area contributed by atoms with Crippen molar-refractivity contribution in [2.45, 2.75) is 353 Å². The lowest BCUT2D eigenvalue weighted by molar-refractivity contribution is -0.143. The fraction of sp³-hybridized carbons (Fsp3) is 0.966. The summed E-state index contributed by atoms with van der Waals surface area (Å²) in [5, 5.41) is 23.2. The van der Waals surface area contributed by atoms with E-state index in [1.807, 2.05) is 0 Å². The molecule has 65 heavy (non-hydrogen) atoms. The Morgan fingerprint density at radius 2 is 0.631 bits per heavy atom. The number of esters is 1. The van der Waals surface area contributed by atoms with Crippen molar-refractivity contribution in [2.75, 3.05) is 13.2 Å². The van der Waals surface area contributed by atoms with Gasteiger partial charge in [0.05, 0.1) is 25.4 Å². The smallest absolute Gasteiger partial charge is 0.305 e. The number of aliphatic hydroxyl groups excluding tert-OH is 2. The first-order valence-corrected chi connectivity index (χ1v) is 29.8. The molecule has 0 aromatic rings. The van der Waals surface area contributed by atoms with E-state index in [4.69, 9.17) is 4.74 Å². The summed E-state index contributed by atoms with van der Waals surface area (Å²) in [6.45, 7) is 4.97. The van der Waals surface area contributed by atoms with E-state index in [1.165, 1.54) is 270 Å². The highest BCUT2D eigenvalue weighted by Crippen LogP contribution is 2.18. The highest BCUT2D eigenvalue weighted by Gasteiger charge is 2.20. The number of carbonyl (C=O) groups excluding carboxylic acids is 2. The van der Waals surface area contributed by atoms with Gasteiger partial charge in [-0.3, -0.25) is 9.59 Å². The molecule has 0 spiro atoms. The van der Waals surface area contributed by atoms with Crippen molar-refractivity contribution >= 4 is 11.9 Å². The van der Waals surface area contributed by atoms with Gasteiger partial charge in [-0.15, -0.1) is 0 Å². The lowest BCUT2D eigenvalue weighted by Crippen LogP contribution is -2.45.